The molecule has 0 radical (unpaired) electrons. The molecule has 0 aromatic rings. The van der Waals surface area contributed by atoms with Gasteiger partial charge in [-0.3, -0.25) is 4.90 Å². The monoisotopic (exact) mass is 225 g/mol. The van der Waals surface area contributed by atoms with Gasteiger partial charge in [0.15, 0.2) is 0 Å². The molecule has 0 bridgehead atoms. The van der Waals surface area contributed by atoms with Crippen molar-refractivity contribution in [1.29, 1.82) is 0 Å². The summed E-state index contributed by atoms with van der Waals surface area (Å²) in [6, 6.07) is 0.869. The lowest BCUT2D eigenvalue weighted by atomic mass is 10.0. The van der Waals surface area contributed by atoms with Crippen molar-refractivity contribution >= 4 is 0 Å². The molecule has 0 unspecified atom stereocenters. The molecule has 94 valence electrons. The van der Waals surface area contributed by atoms with Crippen molar-refractivity contribution < 1.29 is 0 Å². The maximum absolute atomic E-state index is 2.75. The van der Waals surface area contributed by atoms with E-state index in [-0.39, 0.29) is 0 Å². The Balaban J connectivity index is 1.80. The molecule has 0 N–H and O–H groups in total. The number of nitrogens with zero attached hydrogens (tertiary/aromatic N) is 3. The van der Waals surface area contributed by atoms with Crippen LogP contribution in [-0.2, 0) is 0 Å². The molecule has 2 heterocycles. The van der Waals surface area contributed by atoms with Gasteiger partial charge in [-0.05, 0) is 59.0 Å². The summed E-state index contributed by atoms with van der Waals surface area (Å²) >= 11 is 0. The average Bonchev–Trinajstić information content (AvgIpc) is 2.55. The van der Waals surface area contributed by atoms with E-state index in [2.05, 4.69) is 28.7 Å². The van der Waals surface area contributed by atoms with Gasteiger partial charge in [-0.2, -0.15) is 0 Å². The lowest BCUT2D eigenvalue weighted by Crippen LogP contribution is -2.45. The normalized spacial score (nSPS) is 28.1. The van der Waals surface area contributed by atoms with Crippen molar-refractivity contribution in [2.75, 3.05) is 52.9 Å². The van der Waals surface area contributed by atoms with Crippen LogP contribution in [0.5, 0.6) is 0 Å². The van der Waals surface area contributed by atoms with Crippen molar-refractivity contribution in [3.05, 3.63) is 0 Å². The summed E-state index contributed by atoms with van der Waals surface area (Å²) in [6.07, 6.45) is 4.12. The number of rotatable bonds is 2. The second kappa shape index (κ2) is 5.99. The fourth-order valence-electron chi connectivity index (χ4n) is 3.03. The van der Waals surface area contributed by atoms with Crippen molar-refractivity contribution in [3.63, 3.8) is 0 Å². The van der Waals surface area contributed by atoms with Crippen LogP contribution in [0.2, 0.25) is 0 Å². The summed E-state index contributed by atoms with van der Waals surface area (Å²) in [5, 5.41) is 0. The number of hydrogen-bond donors (Lipinski definition) is 0. The summed E-state index contributed by atoms with van der Waals surface area (Å²) < 4.78 is 0. The number of likely N-dealkylation sites (N-methyl/N-ethyl adjacent to an activating group) is 1. The Bertz CT molecular complexity index is 199. The molecule has 0 aromatic heterocycles. The van der Waals surface area contributed by atoms with Crippen molar-refractivity contribution in [1.82, 2.24) is 14.7 Å². The third-order valence-corrected chi connectivity index (χ3v) is 4.27. The van der Waals surface area contributed by atoms with Crippen LogP contribution in [0.3, 0.4) is 0 Å². The Labute approximate surface area is 100 Å². The highest BCUT2D eigenvalue weighted by molar-refractivity contribution is 4.81. The van der Waals surface area contributed by atoms with Gasteiger partial charge in [-0.15, -0.1) is 0 Å². The topological polar surface area (TPSA) is 9.72 Å². The molecule has 3 heteroatoms. The van der Waals surface area contributed by atoms with E-state index in [0.29, 0.717) is 0 Å². The first-order valence-corrected chi connectivity index (χ1v) is 6.94. The summed E-state index contributed by atoms with van der Waals surface area (Å²) in [4.78, 5) is 7.81. The van der Waals surface area contributed by atoms with E-state index >= 15 is 0 Å². The fourth-order valence-corrected chi connectivity index (χ4v) is 3.03. The van der Waals surface area contributed by atoms with Crippen molar-refractivity contribution in [2.45, 2.75) is 32.2 Å². The van der Waals surface area contributed by atoms with Crippen molar-refractivity contribution in [3.8, 4) is 0 Å². The van der Waals surface area contributed by atoms with Gasteiger partial charge in [-0.1, -0.05) is 6.92 Å². The van der Waals surface area contributed by atoms with Crippen LogP contribution in [0.25, 0.3) is 0 Å². The molecule has 0 aromatic carbocycles. The molecule has 0 saturated carbocycles. The quantitative estimate of drug-likeness (QED) is 0.697. The lowest BCUT2D eigenvalue weighted by molar-refractivity contribution is 0.124. The van der Waals surface area contributed by atoms with E-state index in [1.165, 1.54) is 65.1 Å². The highest BCUT2D eigenvalue weighted by atomic mass is 15.2. The maximum atomic E-state index is 2.75. The minimum absolute atomic E-state index is 0.869. The van der Waals surface area contributed by atoms with E-state index in [1.54, 1.807) is 0 Å². The van der Waals surface area contributed by atoms with Gasteiger partial charge in [0.1, 0.15) is 0 Å². The molecule has 2 fully saturated rings. The summed E-state index contributed by atoms with van der Waals surface area (Å²) in [6.45, 7) is 11.3. The first-order chi connectivity index (χ1) is 7.79. The summed E-state index contributed by atoms with van der Waals surface area (Å²) in [7, 11) is 2.25. The smallest absolute Gasteiger partial charge is 0.0120 e. The average molecular weight is 225 g/mol. The van der Waals surface area contributed by atoms with E-state index in [1.807, 2.05) is 0 Å². The minimum Gasteiger partial charge on any atom is -0.306 e. The molecule has 2 saturated heterocycles. The first kappa shape index (κ1) is 12.3. The fraction of sp³-hybridized carbons (Fsp3) is 1.00. The van der Waals surface area contributed by atoms with Gasteiger partial charge < -0.3 is 9.80 Å². The predicted octanol–water partition coefficient (Wildman–Crippen LogP) is 1.11. The second-order valence-electron chi connectivity index (χ2n) is 5.36. The predicted molar refractivity (Wildman–Crippen MR) is 68.8 cm³/mol. The van der Waals surface area contributed by atoms with Gasteiger partial charge in [-0.25, -0.2) is 0 Å². The summed E-state index contributed by atoms with van der Waals surface area (Å²) in [5.41, 5.74) is 0. The lowest BCUT2D eigenvalue weighted by Gasteiger charge is -2.36. The van der Waals surface area contributed by atoms with Crippen LogP contribution in [0.15, 0.2) is 0 Å². The molecule has 0 atom stereocenters. The van der Waals surface area contributed by atoms with Crippen LogP contribution < -0.4 is 0 Å². The minimum atomic E-state index is 0.869. The zero-order valence-corrected chi connectivity index (χ0v) is 11.0. The Morgan fingerprint density at radius 1 is 0.938 bits per heavy atom. The Morgan fingerprint density at radius 3 is 2.38 bits per heavy atom. The molecule has 0 spiro atoms. The molecule has 2 aliphatic heterocycles. The number of likely N-dealkylation sites (tertiary alicyclic amines) is 1. The zero-order valence-electron chi connectivity index (χ0n) is 11.0. The Hall–Kier alpha value is -0.120. The zero-order chi connectivity index (χ0) is 11.4. The van der Waals surface area contributed by atoms with E-state index in [9.17, 15) is 0 Å². The largest absolute Gasteiger partial charge is 0.306 e. The third-order valence-electron chi connectivity index (χ3n) is 4.27. The van der Waals surface area contributed by atoms with Crippen LogP contribution in [0.4, 0.5) is 0 Å². The number of hydrogen-bond acceptors (Lipinski definition) is 3. The van der Waals surface area contributed by atoms with E-state index in [4.69, 9.17) is 0 Å². The van der Waals surface area contributed by atoms with Crippen LogP contribution in [0, 0.1) is 0 Å². The Kier molecular flexibility index (Phi) is 4.62. The first-order valence-electron chi connectivity index (χ1n) is 6.94. The standard InChI is InChI=1S/C13H27N3/c1-3-15-7-4-8-16(12-11-15)13-5-9-14(2)10-6-13/h13H,3-12H2,1-2H3. The number of piperidine rings is 1. The second-order valence-corrected chi connectivity index (χ2v) is 5.36. The SMILES string of the molecule is CCN1CCCN(C2CCN(C)CC2)CC1. The van der Waals surface area contributed by atoms with E-state index < -0.39 is 0 Å². The van der Waals surface area contributed by atoms with E-state index in [0.717, 1.165) is 6.04 Å². The molecule has 2 aliphatic rings. The molecule has 2 rings (SSSR count). The highest BCUT2D eigenvalue weighted by Crippen LogP contribution is 2.17. The van der Waals surface area contributed by atoms with Crippen LogP contribution in [-0.4, -0.2) is 73.6 Å². The van der Waals surface area contributed by atoms with Gasteiger partial charge >= 0.3 is 0 Å². The molecule has 16 heavy (non-hydrogen) atoms. The third kappa shape index (κ3) is 3.19. The van der Waals surface area contributed by atoms with Crippen LogP contribution >= 0.6 is 0 Å². The summed E-state index contributed by atoms with van der Waals surface area (Å²) in [5.74, 6) is 0. The van der Waals surface area contributed by atoms with Crippen LogP contribution in [0.1, 0.15) is 26.2 Å². The molecular weight excluding hydrogens is 198 g/mol. The van der Waals surface area contributed by atoms with Gasteiger partial charge in [0, 0.05) is 19.1 Å². The molecular formula is C13H27N3. The van der Waals surface area contributed by atoms with Gasteiger partial charge in [0.2, 0.25) is 0 Å². The maximum Gasteiger partial charge on any atom is 0.0120 e. The highest BCUT2D eigenvalue weighted by Gasteiger charge is 2.24. The van der Waals surface area contributed by atoms with Crippen molar-refractivity contribution in [2.24, 2.45) is 0 Å². The molecule has 0 aliphatic carbocycles. The molecule has 3 nitrogen and oxygen atoms in total. The van der Waals surface area contributed by atoms with Gasteiger partial charge in [0.25, 0.3) is 0 Å². The molecule has 0 amide bonds. The van der Waals surface area contributed by atoms with Gasteiger partial charge in [0.05, 0.1) is 0 Å². The Morgan fingerprint density at radius 2 is 1.69 bits per heavy atom.